The summed E-state index contributed by atoms with van der Waals surface area (Å²) < 4.78 is 26.6. The summed E-state index contributed by atoms with van der Waals surface area (Å²) >= 11 is 0. The summed E-state index contributed by atoms with van der Waals surface area (Å²) in [5, 5.41) is 24.7. The van der Waals surface area contributed by atoms with Gasteiger partial charge < -0.3 is 29.0 Å². The van der Waals surface area contributed by atoms with Crippen LogP contribution in [-0.2, 0) is 28.5 Å². The topological polar surface area (TPSA) is 162 Å². The third-order valence-corrected chi connectivity index (χ3v) is 5.04. The van der Waals surface area contributed by atoms with Crippen molar-refractivity contribution in [2.45, 2.75) is 45.4 Å². The van der Waals surface area contributed by atoms with E-state index in [0.717, 1.165) is 25.3 Å². The van der Waals surface area contributed by atoms with E-state index in [1.807, 2.05) is 0 Å². The van der Waals surface area contributed by atoms with E-state index in [9.17, 15) is 25.0 Å². The number of nitro benzene ring substituents is 2. The fourth-order valence-corrected chi connectivity index (χ4v) is 3.11. The number of esters is 1. The average molecular weight is 530 g/mol. The molecule has 37 heavy (non-hydrogen) atoms. The van der Waals surface area contributed by atoms with Crippen molar-refractivity contribution in [3.05, 3.63) is 38.4 Å². The molecule has 0 bridgehead atoms. The van der Waals surface area contributed by atoms with E-state index in [-0.39, 0.29) is 36.2 Å². The van der Waals surface area contributed by atoms with Gasteiger partial charge in [0.15, 0.2) is 0 Å². The van der Waals surface area contributed by atoms with Crippen LogP contribution in [-0.4, -0.2) is 81.8 Å². The molecular formula is C24H39N3O10. The molecule has 0 fully saturated rings. The number of carbonyl (C=O) groups is 1. The van der Waals surface area contributed by atoms with Gasteiger partial charge in [-0.3, -0.25) is 25.0 Å². The molecule has 13 nitrogen and oxygen atoms in total. The first-order valence-corrected chi connectivity index (χ1v) is 12.6. The Morgan fingerprint density at radius 1 is 0.784 bits per heavy atom. The summed E-state index contributed by atoms with van der Waals surface area (Å²) in [6, 6.07) is 3.42. The molecule has 0 atom stereocenters. The SMILES string of the molecule is CCCCCCCC(=O)OCCOCCOCCOCCOCCNc1ccc([N+](=O)[O-])cc1[N+](=O)[O-]. The number of nitro groups is 2. The Labute approximate surface area is 217 Å². The van der Waals surface area contributed by atoms with Crippen LogP contribution in [0.3, 0.4) is 0 Å². The van der Waals surface area contributed by atoms with Gasteiger partial charge in [-0.15, -0.1) is 0 Å². The van der Waals surface area contributed by atoms with Crippen LogP contribution in [0.5, 0.6) is 0 Å². The van der Waals surface area contributed by atoms with Crippen LogP contribution < -0.4 is 5.32 Å². The van der Waals surface area contributed by atoms with E-state index < -0.39 is 9.85 Å². The van der Waals surface area contributed by atoms with E-state index in [0.29, 0.717) is 59.2 Å². The molecule has 0 unspecified atom stereocenters. The Balaban J connectivity index is 1.89. The number of nitrogens with one attached hydrogen (secondary N) is 1. The molecule has 0 aromatic heterocycles. The van der Waals surface area contributed by atoms with Crippen LogP contribution in [0.1, 0.15) is 45.4 Å². The second-order valence-corrected chi connectivity index (χ2v) is 7.98. The van der Waals surface area contributed by atoms with E-state index >= 15 is 0 Å². The fourth-order valence-electron chi connectivity index (χ4n) is 3.11. The molecule has 0 aliphatic heterocycles. The molecule has 1 rings (SSSR count). The van der Waals surface area contributed by atoms with Gasteiger partial charge in [-0.25, -0.2) is 0 Å². The van der Waals surface area contributed by atoms with Crippen molar-refractivity contribution in [2.24, 2.45) is 0 Å². The van der Waals surface area contributed by atoms with Gasteiger partial charge in [-0.2, -0.15) is 0 Å². The Kier molecular flexibility index (Phi) is 18.5. The molecule has 0 aliphatic carbocycles. The molecule has 1 N–H and O–H groups in total. The van der Waals surface area contributed by atoms with Crippen LogP contribution >= 0.6 is 0 Å². The highest BCUT2D eigenvalue weighted by atomic mass is 16.6. The lowest BCUT2D eigenvalue weighted by Crippen LogP contribution is -2.15. The number of rotatable bonds is 24. The second-order valence-electron chi connectivity index (χ2n) is 7.98. The van der Waals surface area contributed by atoms with Crippen molar-refractivity contribution >= 4 is 23.0 Å². The zero-order chi connectivity index (χ0) is 27.1. The summed E-state index contributed by atoms with van der Waals surface area (Å²) in [5.74, 6) is -0.179. The molecule has 0 radical (unpaired) electrons. The average Bonchev–Trinajstić information content (AvgIpc) is 2.88. The first kappa shape index (κ1) is 32.2. The number of anilines is 1. The van der Waals surface area contributed by atoms with Crippen LogP contribution in [0.25, 0.3) is 0 Å². The van der Waals surface area contributed by atoms with Gasteiger partial charge in [0.05, 0.1) is 68.8 Å². The summed E-state index contributed by atoms with van der Waals surface area (Å²) in [4.78, 5) is 32.1. The molecule has 1 aromatic rings. The number of benzene rings is 1. The van der Waals surface area contributed by atoms with Gasteiger partial charge in [0.2, 0.25) is 0 Å². The van der Waals surface area contributed by atoms with Crippen molar-refractivity contribution in [1.82, 2.24) is 0 Å². The van der Waals surface area contributed by atoms with Gasteiger partial charge in [0.25, 0.3) is 11.4 Å². The third-order valence-electron chi connectivity index (χ3n) is 5.04. The maximum atomic E-state index is 11.6. The molecule has 0 saturated heterocycles. The van der Waals surface area contributed by atoms with Crippen LogP contribution in [0.2, 0.25) is 0 Å². The molecule has 0 spiro atoms. The number of unbranched alkanes of at least 4 members (excludes halogenated alkanes) is 4. The van der Waals surface area contributed by atoms with Gasteiger partial charge in [-0.1, -0.05) is 32.6 Å². The zero-order valence-corrected chi connectivity index (χ0v) is 21.5. The maximum absolute atomic E-state index is 11.6. The molecular weight excluding hydrogens is 490 g/mol. The smallest absolute Gasteiger partial charge is 0.305 e. The zero-order valence-electron chi connectivity index (χ0n) is 21.5. The van der Waals surface area contributed by atoms with Gasteiger partial charge in [-0.05, 0) is 12.5 Å². The number of ether oxygens (including phenoxy) is 5. The summed E-state index contributed by atoms with van der Waals surface area (Å²) in [6.07, 6.45) is 5.94. The molecule has 0 amide bonds. The standard InChI is InChI=1S/C24H39N3O10/c1-2-3-4-5-6-7-24(28)37-19-18-36-17-16-35-15-14-34-13-12-33-11-10-25-22-9-8-21(26(29)30)20-23(22)27(31)32/h8-9,20,25H,2-7,10-19H2,1H3. The Morgan fingerprint density at radius 3 is 1.92 bits per heavy atom. The highest BCUT2D eigenvalue weighted by Gasteiger charge is 2.19. The van der Waals surface area contributed by atoms with E-state index in [4.69, 9.17) is 23.7 Å². The number of carbonyl (C=O) groups excluding carboxylic acids is 1. The summed E-state index contributed by atoms with van der Waals surface area (Å²) in [7, 11) is 0. The number of hydrogen-bond acceptors (Lipinski definition) is 11. The minimum Gasteiger partial charge on any atom is -0.463 e. The lowest BCUT2D eigenvalue weighted by Gasteiger charge is -2.09. The van der Waals surface area contributed by atoms with Gasteiger partial charge in [0.1, 0.15) is 12.3 Å². The van der Waals surface area contributed by atoms with Crippen molar-refractivity contribution in [3.63, 3.8) is 0 Å². The largest absolute Gasteiger partial charge is 0.463 e. The highest BCUT2D eigenvalue weighted by Crippen LogP contribution is 2.28. The molecule has 13 heteroatoms. The Hall–Kier alpha value is -2.87. The lowest BCUT2D eigenvalue weighted by atomic mass is 10.1. The summed E-state index contributed by atoms with van der Waals surface area (Å²) in [6.45, 7) is 5.62. The molecule has 0 heterocycles. The van der Waals surface area contributed by atoms with Crippen LogP contribution in [0.15, 0.2) is 18.2 Å². The van der Waals surface area contributed by atoms with Crippen molar-refractivity contribution in [2.75, 3.05) is 71.3 Å². The van der Waals surface area contributed by atoms with Crippen LogP contribution in [0.4, 0.5) is 17.1 Å². The maximum Gasteiger partial charge on any atom is 0.305 e. The van der Waals surface area contributed by atoms with Crippen molar-refractivity contribution in [1.29, 1.82) is 0 Å². The molecule has 0 saturated carbocycles. The second kappa shape index (κ2) is 21.2. The first-order chi connectivity index (χ1) is 18.0. The first-order valence-electron chi connectivity index (χ1n) is 12.6. The molecule has 210 valence electrons. The number of non-ortho nitro benzene ring substituents is 1. The Morgan fingerprint density at radius 2 is 1.35 bits per heavy atom. The van der Waals surface area contributed by atoms with Gasteiger partial charge in [0, 0.05) is 19.0 Å². The highest BCUT2D eigenvalue weighted by molar-refractivity contribution is 5.69. The number of nitrogens with zero attached hydrogens (tertiary/aromatic N) is 2. The molecule has 1 aromatic carbocycles. The predicted molar refractivity (Wildman–Crippen MR) is 136 cm³/mol. The normalized spacial score (nSPS) is 10.8. The Bertz CT molecular complexity index is 794. The van der Waals surface area contributed by atoms with E-state index in [1.165, 1.54) is 25.0 Å². The summed E-state index contributed by atoms with van der Waals surface area (Å²) in [5.41, 5.74) is -0.524. The quantitative estimate of drug-likeness (QED) is 0.0895. The third kappa shape index (κ3) is 16.5. The van der Waals surface area contributed by atoms with E-state index in [1.54, 1.807) is 0 Å². The minimum absolute atomic E-state index is 0.179. The fraction of sp³-hybridized carbons (Fsp3) is 0.708. The monoisotopic (exact) mass is 529 g/mol. The molecule has 0 aliphatic rings. The number of hydrogen-bond donors (Lipinski definition) is 1. The predicted octanol–water partition coefficient (Wildman–Crippen LogP) is 3.89. The van der Waals surface area contributed by atoms with Gasteiger partial charge >= 0.3 is 5.97 Å². The van der Waals surface area contributed by atoms with E-state index in [2.05, 4.69) is 12.2 Å². The van der Waals surface area contributed by atoms with Crippen molar-refractivity contribution in [3.8, 4) is 0 Å². The minimum atomic E-state index is -0.683. The van der Waals surface area contributed by atoms with Crippen LogP contribution in [0, 0.1) is 20.2 Å². The van der Waals surface area contributed by atoms with Crippen molar-refractivity contribution < 1.29 is 38.3 Å². The lowest BCUT2D eigenvalue weighted by molar-refractivity contribution is -0.393.